The lowest BCUT2D eigenvalue weighted by atomic mass is 9.84. The first-order valence-corrected chi connectivity index (χ1v) is 16.0. The summed E-state index contributed by atoms with van der Waals surface area (Å²) in [6, 6.07) is 4.54. The highest BCUT2D eigenvalue weighted by atomic mass is 32.2. The lowest BCUT2D eigenvalue weighted by Gasteiger charge is -2.22. The maximum Gasteiger partial charge on any atom is 0.573 e. The number of allylic oxidation sites excluding steroid dienone is 2. The van der Waals surface area contributed by atoms with E-state index in [1.807, 2.05) is 13.0 Å². The summed E-state index contributed by atoms with van der Waals surface area (Å²) in [5.74, 6) is -4.66. The first-order chi connectivity index (χ1) is 20.5. The molecule has 2 aromatic rings. The molecule has 238 valence electrons. The third kappa shape index (κ3) is 9.95. The fourth-order valence-corrected chi connectivity index (χ4v) is 6.35. The number of benzene rings is 2. The van der Waals surface area contributed by atoms with Crippen LogP contribution in [0.2, 0.25) is 0 Å². The summed E-state index contributed by atoms with van der Waals surface area (Å²) in [5, 5.41) is 0. The summed E-state index contributed by atoms with van der Waals surface area (Å²) in [4.78, 5) is 12.0. The average molecular weight is 631 g/mol. The summed E-state index contributed by atoms with van der Waals surface area (Å²) in [7, 11) is 0. The van der Waals surface area contributed by atoms with E-state index in [0.717, 1.165) is 75.3 Å². The summed E-state index contributed by atoms with van der Waals surface area (Å²) < 4.78 is 94.2. The smallest absolute Gasteiger partial charge is 0.465 e. The molecule has 43 heavy (non-hydrogen) atoms. The van der Waals surface area contributed by atoms with Gasteiger partial charge in [0.15, 0.2) is 23.2 Å². The Morgan fingerprint density at radius 3 is 2.30 bits per heavy atom. The van der Waals surface area contributed by atoms with E-state index in [4.69, 9.17) is 4.74 Å². The Hall–Kier alpha value is -2.62. The minimum atomic E-state index is -5.16. The van der Waals surface area contributed by atoms with E-state index < -0.39 is 35.5 Å². The van der Waals surface area contributed by atoms with Gasteiger partial charge in [0.25, 0.3) is 0 Å². The van der Waals surface area contributed by atoms with Crippen molar-refractivity contribution < 1.29 is 40.6 Å². The molecule has 0 radical (unpaired) electrons. The van der Waals surface area contributed by atoms with Crippen LogP contribution in [0.15, 0.2) is 35.2 Å². The maximum absolute atomic E-state index is 15.5. The number of rotatable bonds is 15. The SMILES string of the molecule is CCCCC(CC)COC(=O)CCSc1c(-c2ccc(C3=CCC(CCC)CC3)c(F)c2F)ccc(OC(F)(F)F)c1F. The fourth-order valence-electron chi connectivity index (χ4n) is 5.32. The third-order valence-electron chi connectivity index (χ3n) is 7.80. The van der Waals surface area contributed by atoms with E-state index in [0.29, 0.717) is 17.9 Å². The Morgan fingerprint density at radius 1 is 0.977 bits per heavy atom. The minimum absolute atomic E-state index is 0.0576. The summed E-state index contributed by atoms with van der Waals surface area (Å²) in [5.41, 5.74) is 0.379. The predicted molar refractivity (Wildman–Crippen MR) is 158 cm³/mol. The van der Waals surface area contributed by atoms with E-state index in [2.05, 4.69) is 18.6 Å². The Kier molecular flexibility index (Phi) is 13.3. The zero-order valence-electron chi connectivity index (χ0n) is 24.9. The molecule has 0 saturated carbocycles. The average Bonchev–Trinajstić information content (AvgIpc) is 2.97. The molecular weight excluding hydrogens is 590 g/mol. The number of carbonyl (C=O) groups is 1. The zero-order valence-corrected chi connectivity index (χ0v) is 25.7. The topological polar surface area (TPSA) is 35.5 Å². The molecule has 2 unspecified atom stereocenters. The summed E-state index contributed by atoms with van der Waals surface area (Å²) in [6.07, 6.45) is 4.79. The molecule has 0 bridgehead atoms. The number of hydrogen-bond acceptors (Lipinski definition) is 4. The Balaban J connectivity index is 1.84. The number of thioether (sulfide) groups is 1. The molecule has 0 aliphatic heterocycles. The maximum atomic E-state index is 15.5. The van der Waals surface area contributed by atoms with Gasteiger partial charge in [-0.1, -0.05) is 71.1 Å². The van der Waals surface area contributed by atoms with Gasteiger partial charge >= 0.3 is 12.3 Å². The summed E-state index contributed by atoms with van der Waals surface area (Å²) >= 11 is 0.719. The van der Waals surface area contributed by atoms with Crippen molar-refractivity contribution in [3.8, 4) is 16.9 Å². The molecule has 2 aromatic carbocycles. The minimum Gasteiger partial charge on any atom is -0.465 e. The monoisotopic (exact) mass is 630 g/mol. The zero-order chi connectivity index (χ0) is 31.6. The van der Waals surface area contributed by atoms with Gasteiger partial charge in [0.2, 0.25) is 0 Å². The highest BCUT2D eigenvalue weighted by Crippen LogP contribution is 2.42. The molecule has 0 N–H and O–H groups in total. The molecule has 0 spiro atoms. The lowest BCUT2D eigenvalue weighted by Crippen LogP contribution is -2.18. The van der Waals surface area contributed by atoms with Gasteiger partial charge in [-0.15, -0.1) is 24.9 Å². The van der Waals surface area contributed by atoms with E-state index in [9.17, 15) is 18.0 Å². The van der Waals surface area contributed by atoms with Gasteiger partial charge in [0, 0.05) is 22.4 Å². The third-order valence-corrected chi connectivity index (χ3v) is 8.89. The van der Waals surface area contributed by atoms with Crippen molar-refractivity contribution in [2.75, 3.05) is 12.4 Å². The van der Waals surface area contributed by atoms with Crippen LogP contribution in [0.1, 0.15) is 90.5 Å². The van der Waals surface area contributed by atoms with E-state index in [1.165, 1.54) is 12.1 Å². The second kappa shape index (κ2) is 16.5. The Bertz CT molecular complexity index is 1260. The van der Waals surface area contributed by atoms with Crippen LogP contribution in [0.3, 0.4) is 0 Å². The van der Waals surface area contributed by atoms with Crippen LogP contribution in [-0.4, -0.2) is 24.7 Å². The van der Waals surface area contributed by atoms with Crippen LogP contribution >= 0.6 is 11.8 Å². The van der Waals surface area contributed by atoms with Crippen LogP contribution in [0.4, 0.5) is 26.3 Å². The van der Waals surface area contributed by atoms with Crippen molar-refractivity contribution in [1.29, 1.82) is 0 Å². The molecule has 10 heteroatoms. The largest absolute Gasteiger partial charge is 0.573 e. The number of halogens is 6. The van der Waals surface area contributed by atoms with Gasteiger partial charge in [-0.05, 0) is 55.2 Å². The van der Waals surface area contributed by atoms with Gasteiger partial charge in [0.05, 0.1) is 17.9 Å². The quantitative estimate of drug-likeness (QED) is 0.111. The van der Waals surface area contributed by atoms with Crippen molar-refractivity contribution in [3.05, 3.63) is 53.4 Å². The number of ether oxygens (including phenoxy) is 2. The van der Waals surface area contributed by atoms with Crippen LogP contribution in [0.5, 0.6) is 5.75 Å². The number of hydrogen-bond donors (Lipinski definition) is 0. The molecule has 0 heterocycles. The van der Waals surface area contributed by atoms with Crippen molar-refractivity contribution in [3.63, 3.8) is 0 Å². The second-order valence-corrected chi connectivity index (χ2v) is 12.1. The fraction of sp³-hybridized carbons (Fsp3) is 0.545. The molecule has 1 aliphatic carbocycles. The normalized spacial score (nSPS) is 16.1. The predicted octanol–water partition coefficient (Wildman–Crippen LogP) is 10.9. The molecule has 0 amide bonds. The van der Waals surface area contributed by atoms with Crippen LogP contribution in [-0.2, 0) is 9.53 Å². The number of unbranched alkanes of at least 4 members (excludes halogenated alkanes) is 1. The molecule has 0 saturated heterocycles. The molecule has 2 atom stereocenters. The number of esters is 1. The Morgan fingerprint density at radius 2 is 1.67 bits per heavy atom. The van der Waals surface area contributed by atoms with E-state index in [1.54, 1.807) is 0 Å². The van der Waals surface area contributed by atoms with E-state index >= 15 is 13.2 Å². The van der Waals surface area contributed by atoms with Crippen molar-refractivity contribution in [1.82, 2.24) is 0 Å². The van der Waals surface area contributed by atoms with E-state index in [-0.39, 0.29) is 46.3 Å². The standard InChI is InChI=1S/C33H40F6O3S/c1-4-7-9-21(6-3)20-41-28(40)18-19-43-32-26(16-17-27(31(32)36)42-33(37,38)39)25-15-14-24(29(34)30(25)35)23-12-10-22(8-5-2)11-13-23/h12,14-17,21-22H,4-11,13,18-20H2,1-3H3. The molecule has 1 aliphatic rings. The van der Waals surface area contributed by atoms with Crippen molar-refractivity contribution in [2.45, 2.75) is 96.2 Å². The molecule has 0 aromatic heterocycles. The second-order valence-electron chi connectivity index (χ2n) is 10.9. The number of alkyl halides is 3. The first-order valence-electron chi connectivity index (χ1n) is 15.0. The summed E-state index contributed by atoms with van der Waals surface area (Å²) in [6.45, 7) is 6.44. The van der Waals surface area contributed by atoms with Gasteiger partial charge in [0.1, 0.15) is 0 Å². The van der Waals surface area contributed by atoms with Gasteiger partial charge < -0.3 is 9.47 Å². The molecular formula is C33H40F6O3S. The molecule has 0 fully saturated rings. The lowest BCUT2D eigenvalue weighted by molar-refractivity contribution is -0.275. The first kappa shape index (κ1) is 34.9. The van der Waals surface area contributed by atoms with Gasteiger partial charge in [-0.3, -0.25) is 4.79 Å². The van der Waals surface area contributed by atoms with Gasteiger partial charge in [-0.25, -0.2) is 13.2 Å². The molecule has 3 rings (SSSR count). The van der Waals surface area contributed by atoms with Crippen molar-refractivity contribution in [2.24, 2.45) is 11.8 Å². The van der Waals surface area contributed by atoms with Crippen molar-refractivity contribution >= 4 is 23.3 Å². The number of carbonyl (C=O) groups excluding carboxylic acids is 1. The highest BCUT2D eigenvalue weighted by molar-refractivity contribution is 7.99. The Labute approximate surface area is 254 Å². The molecule has 3 nitrogen and oxygen atoms in total. The van der Waals surface area contributed by atoms with Gasteiger partial charge in [-0.2, -0.15) is 0 Å². The van der Waals surface area contributed by atoms with Crippen LogP contribution in [0, 0.1) is 29.3 Å². The highest BCUT2D eigenvalue weighted by Gasteiger charge is 2.34. The van der Waals surface area contributed by atoms with Crippen LogP contribution < -0.4 is 4.74 Å². The van der Waals surface area contributed by atoms with Crippen LogP contribution in [0.25, 0.3) is 16.7 Å².